The van der Waals surface area contributed by atoms with Gasteiger partial charge in [-0.05, 0) is 44.0 Å². The number of anilines is 1. The summed E-state index contributed by atoms with van der Waals surface area (Å²) in [5.74, 6) is -0.291. The van der Waals surface area contributed by atoms with Crippen LogP contribution in [0.5, 0.6) is 0 Å². The maximum atomic E-state index is 13.8. The number of pyridine rings is 1. The zero-order valence-electron chi connectivity index (χ0n) is 10.1. The average molecular weight is 236 g/mol. The molecule has 2 rings (SSSR count). The average Bonchev–Trinajstić information content (AvgIpc) is 2.28. The molecule has 0 aliphatic carbocycles. The molecule has 0 bridgehead atoms. The summed E-state index contributed by atoms with van der Waals surface area (Å²) in [6.45, 7) is 5.99. The highest BCUT2D eigenvalue weighted by molar-refractivity contribution is 5.83. The molecule has 0 spiro atoms. The van der Waals surface area contributed by atoms with Crippen molar-refractivity contribution in [2.45, 2.75) is 20.8 Å². The molecule has 2 aromatic rings. The number of nitrogens with zero attached hydrogens (tertiary/aromatic N) is 1. The van der Waals surface area contributed by atoms with Crippen molar-refractivity contribution in [2.75, 3.05) is 11.9 Å². The number of halogens is 2. The Hall–Kier alpha value is -1.71. The van der Waals surface area contributed by atoms with Crippen molar-refractivity contribution >= 4 is 16.7 Å². The normalized spacial score (nSPS) is 10.9. The van der Waals surface area contributed by atoms with Crippen LogP contribution >= 0.6 is 0 Å². The molecule has 0 aliphatic heterocycles. The minimum absolute atomic E-state index is 0.0784. The summed E-state index contributed by atoms with van der Waals surface area (Å²) in [7, 11) is 0. The van der Waals surface area contributed by atoms with Crippen LogP contribution in [0.2, 0.25) is 0 Å². The number of nitrogens with one attached hydrogen (secondary N) is 1. The van der Waals surface area contributed by atoms with Gasteiger partial charge in [-0.1, -0.05) is 0 Å². The molecule has 1 aromatic carbocycles. The summed E-state index contributed by atoms with van der Waals surface area (Å²) in [5, 5.41) is 3.27. The summed E-state index contributed by atoms with van der Waals surface area (Å²) in [5.41, 5.74) is 1.19. The molecular weight excluding hydrogens is 222 g/mol. The molecular formula is C13H14F2N2. The van der Waals surface area contributed by atoms with Gasteiger partial charge in [-0.25, -0.2) is 13.8 Å². The van der Waals surface area contributed by atoms with Crippen LogP contribution in [-0.4, -0.2) is 11.5 Å². The lowest BCUT2D eigenvalue weighted by molar-refractivity contribution is 0.608. The van der Waals surface area contributed by atoms with E-state index in [0.29, 0.717) is 17.9 Å². The Kier molecular flexibility index (Phi) is 2.96. The molecule has 4 heteroatoms. The standard InChI is InChI=1S/C13H14F2N2/c1-4-16-13-8(3)5-9-11(15)7(2)6-10(14)12(9)17-13/h5-6H,4H2,1-3H3,(H,16,17). The third kappa shape index (κ3) is 1.95. The van der Waals surface area contributed by atoms with Crippen molar-refractivity contribution in [3.63, 3.8) is 0 Å². The molecule has 0 atom stereocenters. The van der Waals surface area contributed by atoms with Gasteiger partial charge < -0.3 is 5.32 Å². The second kappa shape index (κ2) is 4.28. The zero-order valence-corrected chi connectivity index (χ0v) is 10.1. The molecule has 1 N–H and O–H groups in total. The largest absolute Gasteiger partial charge is 0.370 e. The van der Waals surface area contributed by atoms with E-state index < -0.39 is 11.6 Å². The van der Waals surface area contributed by atoms with E-state index in [9.17, 15) is 8.78 Å². The molecule has 0 unspecified atom stereocenters. The van der Waals surface area contributed by atoms with Crippen LogP contribution in [0.25, 0.3) is 10.9 Å². The van der Waals surface area contributed by atoms with E-state index >= 15 is 0 Å². The van der Waals surface area contributed by atoms with Crippen LogP contribution in [0, 0.1) is 25.5 Å². The van der Waals surface area contributed by atoms with Crippen LogP contribution in [0.15, 0.2) is 12.1 Å². The third-order valence-electron chi connectivity index (χ3n) is 2.71. The maximum Gasteiger partial charge on any atom is 0.149 e. The van der Waals surface area contributed by atoms with Gasteiger partial charge >= 0.3 is 0 Å². The van der Waals surface area contributed by atoms with E-state index in [-0.39, 0.29) is 10.9 Å². The van der Waals surface area contributed by atoms with Crippen molar-refractivity contribution in [3.05, 3.63) is 34.9 Å². The first-order chi connectivity index (χ1) is 8.04. The third-order valence-corrected chi connectivity index (χ3v) is 2.71. The first-order valence-electron chi connectivity index (χ1n) is 5.54. The second-order valence-electron chi connectivity index (χ2n) is 4.07. The van der Waals surface area contributed by atoms with Crippen LogP contribution < -0.4 is 5.32 Å². The van der Waals surface area contributed by atoms with Crippen LogP contribution in [0.4, 0.5) is 14.6 Å². The first kappa shape index (κ1) is 11.8. The van der Waals surface area contributed by atoms with Gasteiger partial charge in [0.25, 0.3) is 0 Å². The zero-order chi connectivity index (χ0) is 12.6. The highest BCUT2D eigenvalue weighted by Gasteiger charge is 2.13. The Bertz CT molecular complexity index is 579. The van der Waals surface area contributed by atoms with Gasteiger partial charge in [-0.2, -0.15) is 0 Å². The molecule has 0 amide bonds. The van der Waals surface area contributed by atoms with Crippen LogP contribution in [-0.2, 0) is 0 Å². The van der Waals surface area contributed by atoms with E-state index in [1.165, 1.54) is 6.07 Å². The van der Waals surface area contributed by atoms with E-state index in [0.717, 1.165) is 5.56 Å². The van der Waals surface area contributed by atoms with Gasteiger partial charge in [0.05, 0.1) is 0 Å². The number of benzene rings is 1. The smallest absolute Gasteiger partial charge is 0.149 e. The predicted octanol–water partition coefficient (Wildman–Crippen LogP) is 3.56. The molecule has 0 aliphatic rings. The Labute approximate surface area is 98.7 Å². The minimum Gasteiger partial charge on any atom is -0.370 e. The Balaban J connectivity index is 2.78. The number of hydrogen-bond donors (Lipinski definition) is 1. The first-order valence-corrected chi connectivity index (χ1v) is 5.54. The molecule has 0 fully saturated rings. The quantitative estimate of drug-likeness (QED) is 0.862. The Morgan fingerprint density at radius 3 is 2.53 bits per heavy atom. The monoisotopic (exact) mass is 236 g/mol. The fraction of sp³-hybridized carbons (Fsp3) is 0.308. The van der Waals surface area contributed by atoms with E-state index in [1.807, 2.05) is 13.8 Å². The van der Waals surface area contributed by atoms with E-state index in [4.69, 9.17) is 0 Å². The highest BCUT2D eigenvalue weighted by atomic mass is 19.1. The van der Waals surface area contributed by atoms with Gasteiger partial charge in [0.2, 0.25) is 0 Å². The summed E-state index contributed by atoms with van der Waals surface area (Å²) in [4.78, 5) is 4.14. The van der Waals surface area contributed by atoms with Crippen molar-refractivity contribution in [1.82, 2.24) is 4.98 Å². The van der Waals surface area contributed by atoms with Crippen LogP contribution in [0.1, 0.15) is 18.1 Å². The van der Waals surface area contributed by atoms with Crippen LogP contribution in [0.3, 0.4) is 0 Å². The summed E-state index contributed by atoms with van der Waals surface area (Å²) in [6, 6.07) is 2.81. The maximum absolute atomic E-state index is 13.8. The lowest BCUT2D eigenvalue weighted by Gasteiger charge is -2.10. The fourth-order valence-electron chi connectivity index (χ4n) is 1.84. The van der Waals surface area contributed by atoms with Crippen molar-refractivity contribution in [1.29, 1.82) is 0 Å². The number of hydrogen-bond acceptors (Lipinski definition) is 2. The Morgan fingerprint density at radius 1 is 1.18 bits per heavy atom. The SMILES string of the molecule is CCNc1nc2c(F)cc(C)c(F)c2cc1C. The van der Waals surface area contributed by atoms with Gasteiger partial charge in [0.1, 0.15) is 23.0 Å². The van der Waals surface area contributed by atoms with Crippen molar-refractivity contribution < 1.29 is 8.78 Å². The number of aromatic nitrogens is 1. The lowest BCUT2D eigenvalue weighted by atomic mass is 10.1. The summed E-state index contributed by atoms with van der Waals surface area (Å²) < 4.78 is 27.6. The molecule has 1 heterocycles. The lowest BCUT2D eigenvalue weighted by Crippen LogP contribution is -2.03. The second-order valence-corrected chi connectivity index (χ2v) is 4.07. The van der Waals surface area contributed by atoms with Crippen molar-refractivity contribution in [2.24, 2.45) is 0 Å². The fourth-order valence-corrected chi connectivity index (χ4v) is 1.84. The van der Waals surface area contributed by atoms with Gasteiger partial charge in [0.15, 0.2) is 0 Å². The molecule has 17 heavy (non-hydrogen) atoms. The number of fused-ring (bicyclic) bond motifs is 1. The highest BCUT2D eigenvalue weighted by Crippen LogP contribution is 2.26. The Morgan fingerprint density at radius 2 is 1.88 bits per heavy atom. The number of aryl methyl sites for hydroxylation is 2. The van der Waals surface area contributed by atoms with Crippen molar-refractivity contribution in [3.8, 4) is 0 Å². The molecule has 0 radical (unpaired) electrons. The van der Waals surface area contributed by atoms with Gasteiger partial charge in [0, 0.05) is 11.9 Å². The molecule has 0 saturated carbocycles. The van der Waals surface area contributed by atoms with Gasteiger partial charge in [-0.15, -0.1) is 0 Å². The minimum atomic E-state index is -0.488. The van der Waals surface area contributed by atoms with E-state index in [1.54, 1.807) is 13.0 Å². The van der Waals surface area contributed by atoms with Gasteiger partial charge in [-0.3, -0.25) is 0 Å². The molecule has 90 valence electrons. The summed E-state index contributed by atoms with van der Waals surface area (Å²) in [6.07, 6.45) is 0. The van der Waals surface area contributed by atoms with E-state index in [2.05, 4.69) is 10.3 Å². The summed E-state index contributed by atoms with van der Waals surface area (Å²) >= 11 is 0. The number of rotatable bonds is 2. The molecule has 0 saturated heterocycles. The molecule has 1 aromatic heterocycles. The topological polar surface area (TPSA) is 24.9 Å². The molecule has 2 nitrogen and oxygen atoms in total. The predicted molar refractivity (Wildman–Crippen MR) is 65.3 cm³/mol.